The lowest BCUT2D eigenvalue weighted by atomic mass is 9.85. The molecule has 0 heterocycles. The summed E-state index contributed by atoms with van der Waals surface area (Å²) in [7, 11) is 0. The van der Waals surface area contributed by atoms with Crippen LogP contribution < -0.4 is 0 Å². The summed E-state index contributed by atoms with van der Waals surface area (Å²) < 4.78 is 0. The predicted octanol–water partition coefficient (Wildman–Crippen LogP) is 1.79. The Labute approximate surface area is 55.8 Å². The average Bonchev–Trinajstić information content (AvgIpc) is 1.83. The third-order valence-corrected chi connectivity index (χ3v) is 2.09. The first-order valence-corrected chi connectivity index (χ1v) is 3.42. The van der Waals surface area contributed by atoms with E-state index in [0.29, 0.717) is 5.92 Å². The van der Waals surface area contributed by atoms with E-state index >= 15 is 0 Å². The summed E-state index contributed by atoms with van der Waals surface area (Å²) in [5, 5.41) is 0. The topological polar surface area (TPSA) is 17.1 Å². The number of allylic oxidation sites excluding steroid dienone is 2. The monoisotopic (exact) mass is 124 g/mol. The van der Waals surface area contributed by atoms with Crippen LogP contribution in [0, 0.1) is 11.8 Å². The smallest absolute Gasteiger partial charge is 0.158 e. The van der Waals surface area contributed by atoms with Crippen molar-refractivity contribution in [3.05, 3.63) is 12.2 Å². The van der Waals surface area contributed by atoms with Gasteiger partial charge in [0.25, 0.3) is 0 Å². The highest BCUT2D eigenvalue weighted by atomic mass is 16.1. The number of carbonyl (C=O) groups is 1. The maximum absolute atomic E-state index is 10.9. The highest BCUT2D eigenvalue weighted by Crippen LogP contribution is 2.20. The Morgan fingerprint density at radius 1 is 1.56 bits per heavy atom. The van der Waals surface area contributed by atoms with Gasteiger partial charge in [0.2, 0.25) is 0 Å². The van der Waals surface area contributed by atoms with E-state index in [0.717, 1.165) is 6.42 Å². The molecule has 1 rings (SSSR count). The van der Waals surface area contributed by atoms with E-state index in [1.54, 1.807) is 6.08 Å². The van der Waals surface area contributed by atoms with Crippen molar-refractivity contribution in [3.8, 4) is 0 Å². The second-order valence-corrected chi connectivity index (χ2v) is 2.81. The summed E-state index contributed by atoms with van der Waals surface area (Å²) in [6, 6.07) is 0. The lowest BCUT2D eigenvalue weighted by Crippen LogP contribution is -2.19. The van der Waals surface area contributed by atoms with E-state index in [1.807, 2.05) is 13.0 Å². The largest absolute Gasteiger partial charge is 0.295 e. The molecule has 0 aromatic rings. The van der Waals surface area contributed by atoms with E-state index in [9.17, 15) is 4.79 Å². The van der Waals surface area contributed by atoms with Crippen molar-refractivity contribution in [3.63, 3.8) is 0 Å². The minimum Gasteiger partial charge on any atom is -0.295 e. The molecule has 0 radical (unpaired) electrons. The van der Waals surface area contributed by atoms with Gasteiger partial charge in [-0.3, -0.25) is 4.79 Å². The van der Waals surface area contributed by atoms with Crippen LogP contribution in [0.25, 0.3) is 0 Å². The van der Waals surface area contributed by atoms with Crippen molar-refractivity contribution < 1.29 is 4.79 Å². The molecule has 0 bridgehead atoms. The van der Waals surface area contributed by atoms with Crippen molar-refractivity contribution in [2.24, 2.45) is 11.8 Å². The van der Waals surface area contributed by atoms with E-state index < -0.39 is 0 Å². The molecule has 9 heavy (non-hydrogen) atoms. The van der Waals surface area contributed by atoms with Gasteiger partial charge in [-0.2, -0.15) is 0 Å². The normalized spacial score (nSPS) is 35.1. The Morgan fingerprint density at radius 3 is 2.67 bits per heavy atom. The Hall–Kier alpha value is -0.590. The molecule has 0 aliphatic heterocycles. The van der Waals surface area contributed by atoms with Crippen LogP contribution in [-0.2, 0) is 4.79 Å². The second kappa shape index (κ2) is 2.34. The van der Waals surface area contributed by atoms with Crippen molar-refractivity contribution in [2.45, 2.75) is 20.3 Å². The van der Waals surface area contributed by atoms with Gasteiger partial charge >= 0.3 is 0 Å². The van der Waals surface area contributed by atoms with E-state index in [4.69, 9.17) is 0 Å². The summed E-state index contributed by atoms with van der Waals surface area (Å²) >= 11 is 0. The lowest BCUT2D eigenvalue weighted by Gasteiger charge is -2.18. The predicted molar refractivity (Wildman–Crippen MR) is 37.1 cm³/mol. The van der Waals surface area contributed by atoms with Crippen molar-refractivity contribution in [2.75, 3.05) is 0 Å². The molecular formula is C8H12O. The summed E-state index contributed by atoms with van der Waals surface area (Å²) in [5.74, 6) is 1.08. The molecule has 0 saturated heterocycles. The molecule has 2 atom stereocenters. The standard InChI is InChI=1S/C8H12O/c1-6-4-3-5-8(9)7(6)2/h3,5-7H,4H2,1-2H3/t6-,7-/m1/s1. The number of hydrogen-bond acceptors (Lipinski definition) is 1. The van der Waals surface area contributed by atoms with Crippen LogP contribution in [-0.4, -0.2) is 5.78 Å². The lowest BCUT2D eigenvalue weighted by molar-refractivity contribution is -0.119. The van der Waals surface area contributed by atoms with Crippen molar-refractivity contribution in [1.82, 2.24) is 0 Å². The zero-order valence-corrected chi connectivity index (χ0v) is 5.92. The first-order chi connectivity index (χ1) is 4.22. The summed E-state index contributed by atoms with van der Waals surface area (Å²) in [6.45, 7) is 4.11. The van der Waals surface area contributed by atoms with Gasteiger partial charge in [-0.25, -0.2) is 0 Å². The second-order valence-electron chi connectivity index (χ2n) is 2.81. The third-order valence-electron chi connectivity index (χ3n) is 2.09. The van der Waals surface area contributed by atoms with Gasteiger partial charge in [0, 0.05) is 5.92 Å². The number of rotatable bonds is 0. The molecule has 0 aromatic heterocycles. The van der Waals surface area contributed by atoms with E-state index in [-0.39, 0.29) is 11.7 Å². The van der Waals surface area contributed by atoms with Gasteiger partial charge in [-0.05, 0) is 18.4 Å². The zero-order chi connectivity index (χ0) is 6.85. The van der Waals surface area contributed by atoms with Crippen LogP contribution in [0.15, 0.2) is 12.2 Å². The van der Waals surface area contributed by atoms with Crippen LogP contribution in [0.3, 0.4) is 0 Å². The van der Waals surface area contributed by atoms with Crippen LogP contribution in [0.2, 0.25) is 0 Å². The molecule has 1 aliphatic carbocycles. The maximum Gasteiger partial charge on any atom is 0.158 e. The zero-order valence-electron chi connectivity index (χ0n) is 5.92. The van der Waals surface area contributed by atoms with E-state index in [1.165, 1.54) is 0 Å². The molecule has 0 spiro atoms. The highest BCUT2D eigenvalue weighted by Gasteiger charge is 2.19. The summed E-state index contributed by atoms with van der Waals surface area (Å²) in [5.41, 5.74) is 0. The quantitative estimate of drug-likeness (QED) is 0.481. The molecule has 1 heteroatoms. The van der Waals surface area contributed by atoms with Crippen LogP contribution in [0.4, 0.5) is 0 Å². The first kappa shape index (κ1) is 6.53. The average molecular weight is 124 g/mol. The molecule has 0 aromatic carbocycles. The Bertz CT molecular complexity index is 147. The first-order valence-electron chi connectivity index (χ1n) is 3.42. The third kappa shape index (κ3) is 1.21. The van der Waals surface area contributed by atoms with Crippen molar-refractivity contribution in [1.29, 1.82) is 0 Å². The summed E-state index contributed by atoms with van der Waals surface area (Å²) in [6.07, 6.45) is 4.73. The van der Waals surface area contributed by atoms with Gasteiger partial charge in [-0.15, -0.1) is 0 Å². The SMILES string of the molecule is C[C@@H]1CC=CC(=O)[C@@H]1C. The van der Waals surface area contributed by atoms with Gasteiger partial charge in [0.15, 0.2) is 5.78 Å². The van der Waals surface area contributed by atoms with Crippen LogP contribution in [0.1, 0.15) is 20.3 Å². The fourth-order valence-electron chi connectivity index (χ4n) is 1.04. The Kier molecular flexibility index (Phi) is 1.70. The van der Waals surface area contributed by atoms with Crippen molar-refractivity contribution >= 4 is 5.78 Å². The molecule has 0 fully saturated rings. The molecule has 50 valence electrons. The maximum atomic E-state index is 10.9. The summed E-state index contributed by atoms with van der Waals surface area (Å²) in [4.78, 5) is 10.9. The molecule has 0 saturated carbocycles. The fourth-order valence-corrected chi connectivity index (χ4v) is 1.04. The van der Waals surface area contributed by atoms with Gasteiger partial charge in [-0.1, -0.05) is 19.9 Å². The van der Waals surface area contributed by atoms with Gasteiger partial charge in [0.1, 0.15) is 0 Å². The van der Waals surface area contributed by atoms with Crippen LogP contribution in [0.5, 0.6) is 0 Å². The highest BCUT2D eigenvalue weighted by molar-refractivity contribution is 5.92. The number of ketones is 1. The van der Waals surface area contributed by atoms with Gasteiger partial charge < -0.3 is 0 Å². The minimum absolute atomic E-state index is 0.245. The Balaban J connectivity index is 2.69. The fraction of sp³-hybridized carbons (Fsp3) is 0.625. The van der Waals surface area contributed by atoms with E-state index in [2.05, 4.69) is 6.92 Å². The molecule has 1 nitrogen and oxygen atoms in total. The molecule has 0 amide bonds. The Morgan fingerprint density at radius 2 is 2.22 bits per heavy atom. The van der Waals surface area contributed by atoms with Crippen LogP contribution >= 0.6 is 0 Å². The molecule has 1 aliphatic rings. The van der Waals surface area contributed by atoms with Gasteiger partial charge in [0.05, 0.1) is 0 Å². The molecule has 0 unspecified atom stereocenters. The molecular weight excluding hydrogens is 112 g/mol. The number of hydrogen-bond donors (Lipinski definition) is 0. The minimum atomic E-state index is 0.245. The number of carbonyl (C=O) groups excluding carboxylic acids is 1. The molecule has 0 N–H and O–H groups in total.